The lowest BCUT2D eigenvalue weighted by molar-refractivity contribution is 0.0594. The zero-order valence-corrected chi connectivity index (χ0v) is 12.3. The van der Waals surface area contributed by atoms with Crippen molar-refractivity contribution in [3.63, 3.8) is 0 Å². The summed E-state index contributed by atoms with van der Waals surface area (Å²) in [5.74, 6) is -0.604. The molecule has 0 radical (unpaired) electrons. The van der Waals surface area contributed by atoms with Gasteiger partial charge in [0.25, 0.3) is 5.56 Å². The lowest BCUT2D eigenvalue weighted by atomic mass is 10.1. The summed E-state index contributed by atoms with van der Waals surface area (Å²) >= 11 is 0. The first-order valence-corrected chi connectivity index (χ1v) is 6.27. The summed E-state index contributed by atoms with van der Waals surface area (Å²) in [5.41, 5.74) is 5.04. The minimum atomic E-state index is -0.668. The van der Waals surface area contributed by atoms with Crippen molar-refractivity contribution in [3.8, 4) is 5.82 Å². The minimum absolute atomic E-state index is 0.0511. The molecule has 0 bridgehead atoms. The van der Waals surface area contributed by atoms with Crippen LogP contribution < -0.4 is 11.3 Å². The molecule has 0 fully saturated rings. The fraction of sp³-hybridized carbons (Fsp3) is 0.385. The van der Waals surface area contributed by atoms with E-state index in [0.29, 0.717) is 0 Å². The van der Waals surface area contributed by atoms with Gasteiger partial charge in [0.2, 0.25) is 5.82 Å². The number of hydrogen-bond donors (Lipinski definition) is 1. The number of nitrogens with two attached hydrogens (primary N) is 1. The fourth-order valence-corrected chi connectivity index (χ4v) is 1.84. The fourth-order valence-electron chi connectivity index (χ4n) is 1.84. The van der Waals surface area contributed by atoms with Crippen LogP contribution in [0.3, 0.4) is 0 Å². The van der Waals surface area contributed by atoms with Crippen LogP contribution in [0.15, 0.2) is 23.4 Å². The normalized spacial score (nSPS) is 11.4. The van der Waals surface area contributed by atoms with Gasteiger partial charge >= 0.3 is 5.97 Å². The second-order valence-electron chi connectivity index (χ2n) is 5.47. The van der Waals surface area contributed by atoms with Gasteiger partial charge in [0.15, 0.2) is 5.69 Å². The Bertz CT molecular complexity index is 739. The first-order valence-electron chi connectivity index (χ1n) is 6.27. The van der Waals surface area contributed by atoms with Crippen LogP contribution in [-0.4, -0.2) is 32.4 Å². The van der Waals surface area contributed by atoms with Gasteiger partial charge in [0, 0.05) is 17.9 Å². The van der Waals surface area contributed by atoms with E-state index in [2.05, 4.69) is 14.8 Å². The van der Waals surface area contributed by atoms with E-state index in [1.54, 1.807) is 6.20 Å². The molecule has 0 amide bonds. The molecule has 2 rings (SSSR count). The van der Waals surface area contributed by atoms with E-state index in [1.165, 1.54) is 28.8 Å². The van der Waals surface area contributed by atoms with Crippen LogP contribution in [0.1, 0.15) is 31.3 Å². The highest BCUT2D eigenvalue weighted by molar-refractivity contribution is 5.92. The van der Waals surface area contributed by atoms with Gasteiger partial charge in [-0.2, -0.15) is 5.10 Å². The van der Waals surface area contributed by atoms with Crippen molar-refractivity contribution in [2.24, 2.45) is 0 Å². The number of aromatic nitrogens is 4. The summed E-state index contributed by atoms with van der Waals surface area (Å²) in [5, 5.41) is 3.98. The topological polar surface area (TPSA) is 105 Å². The Kier molecular flexibility index (Phi) is 3.54. The lowest BCUT2D eigenvalue weighted by Gasteiger charge is -2.22. The Morgan fingerprint density at radius 1 is 1.38 bits per heavy atom. The van der Waals surface area contributed by atoms with E-state index in [4.69, 9.17) is 5.73 Å². The summed E-state index contributed by atoms with van der Waals surface area (Å²) in [4.78, 5) is 28.0. The number of anilines is 1. The van der Waals surface area contributed by atoms with Gasteiger partial charge in [-0.15, -0.1) is 0 Å². The largest absolute Gasteiger partial charge is 0.464 e. The van der Waals surface area contributed by atoms with E-state index in [1.807, 2.05) is 20.8 Å². The number of carbonyl (C=O) groups excluding carboxylic acids is 1. The molecular formula is C13H17N5O3. The van der Waals surface area contributed by atoms with Crippen LogP contribution in [-0.2, 0) is 10.3 Å². The molecule has 2 aromatic rings. The summed E-state index contributed by atoms with van der Waals surface area (Å²) in [6.07, 6.45) is 4.46. The summed E-state index contributed by atoms with van der Waals surface area (Å²) in [6, 6.07) is 0. The number of rotatable bonds is 2. The lowest BCUT2D eigenvalue weighted by Crippen LogP contribution is -2.36. The van der Waals surface area contributed by atoms with Crippen molar-refractivity contribution < 1.29 is 9.53 Å². The van der Waals surface area contributed by atoms with Crippen molar-refractivity contribution in [3.05, 3.63) is 34.6 Å². The highest BCUT2D eigenvalue weighted by Crippen LogP contribution is 2.14. The van der Waals surface area contributed by atoms with Crippen LogP contribution in [0.25, 0.3) is 5.82 Å². The van der Waals surface area contributed by atoms with Crippen molar-refractivity contribution in [2.75, 3.05) is 12.8 Å². The number of ether oxygens (including phenoxy) is 1. The maximum Gasteiger partial charge on any atom is 0.360 e. The van der Waals surface area contributed by atoms with Crippen LogP contribution >= 0.6 is 0 Å². The van der Waals surface area contributed by atoms with E-state index < -0.39 is 11.5 Å². The first-order chi connectivity index (χ1) is 9.75. The van der Waals surface area contributed by atoms with Crippen LogP contribution in [0.4, 0.5) is 5.69 Å². The highest BCUT2D eigenvalue weighted by atomic mass is 16.5. The maximum absolute atomic E-state index is 12.5. The second kappa shape index (κ2) is 5.04. The van der Waals surface area contributed by atoms with Crippen molar-refractivity contribution in [2.45, 2.75) is 26.3 Å². The number of carbonyl (C=O) groups is 1. The minimum Gasteiger partial charge on any atom is -0.464 e. The molecule has 112 valence electrons. The second-order valence-corrected chi connectivity index (χ2v) is 5.47. The van der Waals surface area contributed by atoms with E-state index in [9.17, 15) is 9.59 Å². The van der Waals surface area contributed by atoms with Crippen molar-refractivity contribution >= 4 is 11.7 Å². The molecule has 2 aromatic heterocycles. The maximum atomic E-state index is 12.5. The average Bonchev–Trinajstić information content (AvgIpc) is 2.78. The molecule has 2 heterocycles. The number of nitrogens with zero attached hydrogens (tertiary/aromatic N) is 4. The number of esters is 1. The standard InChI is InChI=1S/C13H17N5O3/c1-13(2,3)17-6-5-15-10(11(17)19)18-7-8(14)9(16-18)12(20)21-4/h5-7H,14H2,1-4H3. The molecule has 0 spiro atoms. The SMILES string of the molecule is COC(=O)c1nn(-c2nccn(C(C)(C)C)c2=O)cc1N. The number of methoxy groups -OCH3 is 1. The molecule has 21 heavy (non-hydrogen) atoms. The van der Waals surface area contributed by atoms with E-state index in [-0.39, 0.29) is 22.8 Å². The molecular weight excluding hydrogens is 274 g/mol. The van der Waals surface area contributed by atoms with Gasteiger partial charge in [-0.25, -0.2) is 14.5 Å². The molecule has 0 atom stereocenters. The van der Waals surface area contributed by atoms with Gasteiger partial charge in [0.05, 0.1) is 19.0 Å². The smallest absolute Gasteiger partial charge is 0.360 e. The Labute approximate surface area is 121 Å². The molecule has 0 aliphatic rings. The Morgan fingerprint density at radius 3 is 2.62 bits per heavy atom. The molecule has 0 aromatic carbocycles. The van der Waals surface area contributed by atoms with E-state index >= 15 is 0 Å². The molecule has 0 saturated heterocycles. The third-order valence-corrected chi connectivity index (χ3v) is 2.88. The van der Waals surface area contributed by atoms with Crippen LogP contribution in [0.2, 0.25) is 0 Å². The molecule has 0 aliphatic carbocycles. The van der Waals surface area contributed by atoms with E-state index in [0.717, 1.165) is 0 Å². The number of hydrogen-bond acceptors (Lipinski definition) is 6. The molecule has 8 heteroatoms. The monoisotopic (exact) mass is 291 g/mol. The van der Waals surface area contributed by atoms with Gasteiger partial charge in [-0.3, -0.25) is 4.79 Å². The number of nitrogen functional groups attached to an aromatic ring is 1. The van der Waals surface area contributed by atoms with Crippen molar-refractivity contribution in [1.82, 2.24) is 19.3 Å². The predicted octanol–water partition coefficient (Wildman–Crippen LogP) is 0.553. The molecule has 0 aliphatic heterocycles. The van der Waals surface area contributed by atoms with Gasteiger partial charge in [-0.05, 0) is 20.8 Å². The highest BCUT2D eigenvalue weighted by Gasteiger charge is 2.21. The zero-order chi connectivity index (χ0) is 15.8. The Hall–Kier alpha value is -2.64. The molecule has 0 saturated carbocycles. The van der Waals surface area contributed by atoms with Gasteiger partial charge in [0.1, 0.15) is 0 Å². The molecule has 8 nitrogen and oxygen atoms in total. The van der Waals surface area contributed by atoms with Crippen LogP contribution in [0, 0.1) is 0 Å². The summed E-state index contributed by atoms with van der Waals surface area (Å²) < 4.78 is 7.30. The Morgan fingerprint density at radius 2 is 2.05 bits per heavy atom. The quantitative estimate of drug-likeness (QED) is 0.810. The molecule has 2 N–H and O–H groups in total. The first kappa shape index (κ1) is 14.8. The van der Waals surface area contributed by atoms with Gasteiger partial charge < -0.3 is 15.0 Å². The van der Waals surface area contributed by atoms with Crippen LogP contribution in [0.5, 0.6) is 0 Å². The average molecular weight is 291 g/mol. The van der Waals surface area contributed by atoms with Gasteiger partial charge in [-0.1, -0.05) is 0 Å². The third-order valence-electron chi connectivity index (χ3n) is 2.88. The Balaban J connectivity index is 2.59. The third kappa shape index (κ3) is 2.64. The zero-order valence-electron chi connectivity index (χ0n) is 12.3. The van der Waals surface area contributed by atoms with Crippen molar-refractivity contribution in [1.29, 1.82) is 0 Å². The summed E-state index contributed by atoms with van der Waals surface area (Å²) in [7, 11) is 1.23. The summed E-state index contributed by atoms with van der Waals surface area (Å²) in [6.45, 7) is 5.69. The molecule has 0 unspecified atom stereocenters. The predicted molar refractivity (Wildman–Crippen MR) is 76.4 cm³/mol.